The van der Waals surface area contributed by atoms with Crippen LogP contribution in [0.1, 0.15) is 30.9 Å². The van der Waals surface area contributed by atoms with Crippen molar-refractivity contribution in [1.29, 1.82) is 0 Å². The van der Waals surface area contributed by atoms with Crippen molar-refractivity contribution >= 4 is 16.8 Å². The van der Waals surface area contributed by atoms with Crippen LogP contribution < -0.4 is 0 Å². The van der Waals surface area contributed by atoms with E-state index < -0.39 is 0 Å². The third-order valence-electron chi connectivity index (χ3n) is 5.10. The topological polar surface area (TPSA) is 43.1 Å². The van der Waals surface area contributed by atoms with Gasteiger partial charge in [-0.25, -0.2) is 0 Å². The number of carbonyl (C=O) groups excluding carboxylic acids is 1. The Balaban J connectivity index is 1.39. The second-order valence-electron chi connectivity index (χ2n) is 6.95. The van der Waals surface area contributed by atoms with Gasteiger partial charge in [0.2, 0.25) is 5.91 Å². The first-order valence-electron chi connectivity index (χ1n) is 9.03. The number of hydrogen-bond donors (Lipinski definition) is 0. The van der Waals surface area contributed by atoms with E-state index in [1.165, 1.54) is 16.5 Å². The van der Waals surface area contributed by atoms with Crippen LogP contribution in [-0.2, 0) is 11.3 Å². The summed E-state index contributed by atoms with van der Waals surface area (Å²) in [6.07, 6.45) is 8.71. The fourth-order valence-electron chi connectivity index (χ4n) is 3.74. The van der Waals surface area contributed by atoms with Gasteiger partial charge in [-0.15, -0.1) is 0 Å². The summed E-state index contributed by atoms with van der Waals surface area (Å²) in [5.41, 5.74) is 2.36. The number of amides is 1. The van der Waals surface area contributed by atoms with Crippen molar-refractivity contribution in [1.82, 2.24) is 19.2 Å². The standard InChI is InChI=1S/C20H24N4O/c1-16-13-21-24(14-16)18-6-4-10-23(15-18)20(25)9-12-22-11-8-17-5-2-3-7-19(17)22/h2-3,5,7-8,11,13-14,18H,4,6,9-10,12,15H2,1H3/t18-/m1/s1. The lowest BCUT2D eigenvalue weighted by Crippen LogP contribution is -2.41. The van der Waals surface area contributed by atoms with E-state index in [1.54, 1.807) is 0 Å². The number of likely N-dealkylation sites (tertiary alicyclic amines) is 1. The van der Waals surface area contributed by atoms with Gasteiger partial charge in [0.25, 0.3) is 0 Å². The average molecular weight is 336 g/mol. The summed E-state index contributed by atoms with van der Waals surface area (Å²) >= 11 is 0. The Bertz CT molecular complexity index is 879. The SMILES string of the molecule is Cc1cnn([C@@H]2CCCN(C(=O)CCn3ccc4ccccc43)C2)c1. The van der Waals surface area contributed by atoms with Crippen LogP contribution >= 0.6 is 0 Å². The van der Waals surface area contributed by atoms with Crippen molar-refractivity contribution in [3.63, 3.8) is 0 Å². The van der Waals surface area contributed by atoms with Crippen LogP contribution in [-0.4, -0.2) is 38.2 Å². The minimum Gasteiger partial charge on any atom is -0.347 e. The fraction of sp³-hybridized carbons (Fsp3) is 0.400. The Labute approximate surface area is 147 Å². The molecule has 130 valence electrons. The number of rotatable bonds is 4. The quantitative estimate of drug-likeness (QED) is 0.733. The van der Waals surface area contributed by atoms with E-state index in [2.05, 4.69) is 47.2 Å². The van der Waals surface area contributed by atoms with Gasteiger partial charge in [-0.1, -0.05) is 18.2 Å². The number of para-hydroxylation sites is 1. The van der Waals surface area contributed by atoms with E-state index in [0.29, 0.717) is 12.5 Å². The largest absolute Gasteiger partial charge is 0.347 e. The molecule has 1 amide bonds. The average Bonchev–Trinajstić information content (AvgIpc) is 3.26. The van der Waals surface area contributed by atoms with Crippen molar-refractivity contribution in [3.05, 3.63) is 54.5 Å². The summed E-state index contributed by atoms with van der Waals surface area (Å²) < 4.78 is 4.19. The van der Waals surface area contributed by atoms with E-state index in [1.807, 2.05) is 27.9 Å². The molecule has 5 nitrogen and oxygen atoms in total. The highest BCUT2D eigenvalue weighted by Gasteiger charge is 2.25. The molecular weight excluding hydrogens is 312 g/mol. The van der Waals surface area contributed by atoms with Crippen LogP contribution in [0.15, 0.2) is 48.9 Å². The Hall–Kier alpha value is -2.56. The molecule has 0 aliphatic carbocycles. The number of aryl methyl sites for hydroxylation is 2. The molecule has 0 N–H and O–H groups in total. The molecule has 1 aliphatic rings. The monoisotopic (exact) mass is 336 g/mol. The summed E-state index contributed by atoms with van der Waals surface area (Å²) in [4.78, 5) is 14.7. The summed E-state index contributed by atoms with van der Waals surface area (Å²) in [6.45, 7) is 4.42. The van der Waals surface area contributed by atoms with Gasteiger partial charge < -0.3 is 9.47 Å². The second-order valence-corrected chi connectivity index (χ2v) is 6.95. The van der Waals surface area contributed by atoms with Gasteiger partial charge in [0.1, 0.15) is 0 Å². The van der Waals surface area contributed by atoms with Crippen molar-refractivity contribution in [3.8, 4) is 0 Å². The lowest BCUT2D eigenvalue weighted by atomic mass is 10.1. The summed E-state index contributed by atoms with van der Waals surface area (Å²) in [7, 11) is 0. The van der Waals surface area contributed by atoms with Crippen molar-refractivity contribution in [2.45, 2.75) is 38.8 Å². The number of nitrogens with zero attached hydrogens (tertiary/aromatic N) is 4. The fourth-order valence-corrected chi connectivity index (χ4v) is 3.74. The smallest absolute Gasteiger partial charge is 0.224 e. The highest BCUT2D eigenvalue weighted by molar-refractivity contribution is 5.80. The van der Waals surface area contributed by atoms with Crippen LogP contribution in [0, 0.1) is 6.92 Å². The molecule has 3 heterocycles. The molecule has 0 saturated carbocycles. The minimum absolute atomic E-state index is 0.242. The number of carbonyl (C=O) groups is 1. The van der Waals surface area contributed by atoms with Gasteiger partial charge in [-0.2, -0.15) is 5.10 Å². The number of aromatic nitrogens is 3. The molecule has 3 aromatic rings. The first kappa shape index (κ1) is 15.9. The first-order valence-corrected chi connectivity index (χ1v) is 9.03. The second kappa shape index (κ2) is 6.75. The number of benzene rings is 1. The zero-order valence-electron chi connectivity index (χ0n) is 14.6. The van der Waals surface area contributed by atoms with E-state index >= 15 is 0 Å². The maximum absolute atomic E-state index is 12.7. The summed E-state index contributed by atoms with van der Waals surface area (Å²) in [5, 5.41) is 5.65. The molecule has 1 aromatic carbocycles. The van der Waals surface area contributed by atoms with Gasteiger partial charge in [0, 0.05) is 44.0 Å². The molecule has 0 spiro atoms. The van der Waals surface area contributed by atoms with E-state index in [0.717, 1.165) is 32.5 Å². The Morgan fingerprint density at radius 1 is 1.28 bits per heavy atom. The highest BCUT2D eigenvalue weighted by Crippen LogP contribution is 2.22. The van der Waals surface area contributed by atoms with Crippen LogP contribution in [0.2, 0.25) is 0 Å². The summed E-state index contributed by atoms with van der Waals surface area (Å²) in [6, 6.07) is 10.7. The van der Waals surface area contributed by atoms with Gasteiger partial charge >= 0.3 is 0 Å². The molecular formula is C20H24N4O. The maximum atomic E-state index is 12.7. The van der Waals surface area contributed by atoms with E-state index in [4.69, 9.17) is 0 Å². The van der Waals surface area contributed by atoms with Crippen molar-refractivity contribution in [2.24, 2.45) is 0 Å². The Kier molecular flexibility index (Phi) is 4.30. The number of piperidine rings is 1. The van der Waals surface area contributed by atoms with Crippen molar-refractivity contribution < 1.29 is 4.79 Å². The molecule has 1 fully saturated rings. The normalized spacial score (nSPS) is 18.0. The zero-order chi connectivity index (χ0) is 17.2. The lowest BCUT2D eigenvalue weighted by molar-refractivity contribution is -0.133. The minimum atomic E-state index is 0.242. The van der Waals surface area contributed by atoms with Crippen molar-refractivity contribution in [2.75, 3.05) is 13.1 Å². The van der Waals surface area contributed by atoms with Gasteiger partial charge in [0.15, 0.2) is 0 Å². The number of fused-ring (bicyclic) bond motifs is 1. The van der Waals surface area contributed by atoms with Crippen LogP contribution in [0.4, 0.5) is 0 Å². The van der Waals surface area contributed by atoms with Gasteiger partial charge in [-0.05, 0) is 42.8 Å². The first-order chi connectivity index (χ1) is 12.2. The molecule has 4 rings (SSSR count). The molecule has 1 saturated heterocycles. The third-order valence-corrected chi connectivity index (χ3v) is 5.10. The van der Waals surface area contributed by atoms with Crippen LogP contribution in [0.25, 0.3) is 10.9 Å². The zero-order valence-corrected chi connectivity index (χ0v) is 14.6. The van der Waals surface area contributed by atoms with Crippen LogP contribution in [0.3, 0.4) is 0 Å². The predicted octanol–water partition coefficient (Wildman–Crippen LogP) is 3.40. The van der Waals surface area contributed by atoms with E-state index in [-0.39, 0.29) is 5.91 Å². The number of hydrogen-bond acceptors (Lipinski definition) is 2. The maximum Gasteiger partial charge on any atom is 0.224 e. The predicted molar refractivity (Wildman–Crippen MR) is 98.4 cm³/mol. The molecule has 1 atom stereocenters. The summed E-state index contributed by atoms with van der Waals surface area (Å²) in [5.74, 6) is 0.242. The molecule has 5 heteroatoms. The molecule has 25 heavy (non-hydrogen) atoms. The molecule has 0 bridgehead atoms. The van der Waals surface area contributed by atoms with Gasteiger partial charge in [-0.3, -0.25) is 9.48 Å². The molecule has 2 aromatic heterocycles. The van der Waals surface area contributed by atoms with Gasteiger partial charge in [0.05, 0.1) is 12.2 Å². The molecule has 1 aliphatic heterocycles. The Morgan fingerprint density at radius 3 is 3.00 bits per heavy atom. The Morgan fingerprint density at radius 2 is 2.16 bits per heavy atom. The van der Waals surface area contributed by atoms with Crippen LogP contribution in [0.5, 0.6) is 0 Å². The highest BCUT2D eigenvalue weighted by atomic mass is 16.2. The third kappa shape index (κ3) is 3.31. The lowest BCUT2D eigenvalue weighted by Gasteiger charge is -2.33. The molecule has 0 unspecified atom stereocenters. The van der Waals surface area contributed by atoms with E-state index in [9.17, 15) is 4.79 Å². The molecule has 0 radical (unpaired) electrons.